The van der Waals surface area contributed by atoms with Crippen molar-refractivity contribution in [2.24, 2.45) is 5.92 Å². The van der Waals surface area contributed by atoms with Gasteiger partial charge >= 0.3 is 5.97 Å². The molecule has 1 saturated heterocycles. The average Bonchev–Trinajstić information content (AvgIpc) is 3.15. The molecule has 2 aromatic rings. The highest BCUT2D eigenvalue weighted by atomic mass is 16.4. The number of nitrogens with zero attached hydrogens (tertiary/aromatic N) is 1. The number of carbonyl (C=O) groups excluding carboxylic acids is 1. The summed E-state index contributed by atoms with van der Waals surface area (Å²) >= 11 is 0. The van der Waals surface area contributed by atoms with Crippen LogP contribution in [0.5, 0.6) is 0 Å². The smallest absolute Gasteiger partial charge is 0.372 e. The number of likely N-dealkylation sites (tertiary alicyclic amines) is 1. The van der Waals surface area contributed by atoms with Crippen molar-refractivity contribution < 1.29 is 19.1 Å². The second-order valence-electron chi connectivity index (χ2n) is 5.47. The molecular weight excluding hydrogens is 270 g/mol. The maximum absolute atomic E-state index is 12.2. The Morgan fingerprint density at radius 1 is 1.33 bits per heavy atom. The van der Waals surface area contributed by atoms with Crippen molar-refractivity contribution in [1.82, 2.24) is 4.90 Å². The first-order valence-electron chi connectivity index (χ1n) is 6.87. The first kappa shape index (κ1) is 12.2. The summed E-state index contributed by atoms with van der Waals surface area (Å²) < 4.78 is 5.43. The summed E-state index contributed by atoms with van der Waals surface area (Å²) in [5.74, 6) is -1.14. The molecule has 1 amide bonds. The molecule has 2 atom stereocenters. The fraction of sp³-hybridized carbons (Fsp3) is 0.250. The van der Waals surface area contributed by atoms with E-state index in [-0.39, 0.29) is 30.2 Å². The molecule has 5 nitrogen and oxygen atoms in total. The minimum atomic E-state index is -1.10. The van der Waals surface area contributed by atoms with E-state index in [2.05, 4.69) is 0 Å². The lowest BCUT2D eigenvalue weighted by molar-refractivity contribution is -0.131. The van der Waals surface area contributed by atoms with Crippen LogP contribution in [0.15, 0.2) is 40.8 Å². The Bertz CT molecular complexity index is 789. The van der Waals surface area contributed by atoms with E-state index in [1.165, 1.54) is 0 Å². The summed E-state index contributed by atoms with van der Waals surface area (Å²) in [5, 5.41) is 10.1. The maximum Gasteiger partial charge on any atom is 0.372 e. The second kappa shape index (κ2) is 4.22. The monoisotopic (exact) mass is 283 g/mol. The first-order valence-corrected chi connectivity index (χ1v) is 6.87. The van der Waals surface area contributed by atoms with Gasteiger partial charge in [-0.2, -0.15) is 0 Å². The molecule has 2 bridgehead atoms. The van der Waals surface area contributed by atoms with Crippen molar-refractivity contribution in [3.8, 4) is 0 Å². The number of carboxylic acids is 1. The fourth-order valence-corrected chi connectivity index (χ4v) is 3.26. The Balaban J connectivity index is 1.79. The zero-order valence-electron chi connectivity index (χ0n) is 11.2. The van der Waals surface area contributed by atoms with E-state index in [4.69, 9.17) is 4.42 Å². The molecule has 1 aliphatic heterocycles. The minimum absolute atomic E-state index is 0.0403. The second-order valence-corrected chi connectivity index (χ2v) is 5.47. The van der Waals surface area contributed by atoms with Gasteiger partial charge in [0.15, 0.2) is 0 Å². The summed E-state index contributed by atoms with van der Waals surface area (Å²) in [6.07, 6.45) is 4.76. The number of rotatable bonds is 3. The number of carbonyl (C=O) groups is 2. The lowest BCUT2D eigenvalue weighted by Gasteiger charge is -2.23. The highest BCUT2D eigenvalue weighted by Gasteiger charge is 2.41. The predicted octanol–water partition coefficient (Wildman–Crippen LogP) is 2.42. The van der Waals surface area contributed by atoms with E-state index in [1.54, 1.807) is 17.0 Å². The lowest BCUT2D eigenvalue weighted by atomic mass is 10.1. The average molecular weight is 283 g/mol. The van der Waals surface area contributed by atoms with E-state index in [1.807, 2.05) is 24.3 Å². The molecule has 0 spiro atoms. The third kappa shape index (κ3) is 1.70. The number of carboxylic acid groups (broad SMARTS) is 1. The summed E-state index contributed by atoms with van der Waals surface area (Å²) in [4.78, 5) is 25.3. The predicted molar refractivity (Wildman–Crippen MR) is 74.8 cm³/mol. The summed E-state index contributed by atoms with van der Waals surface area (Å²) in [6.45, 7) is 0.281. The molecule has 0 radical (unpaired) electrons. The zero-order chi connectivity index (χ0) is 14.6. The van der Waals surface area contributed by atoms with Gasteiger partial charge < -0.3 is 14.4 Å². The number of para-hydroxylation sites is 1. The van der Waals surface area contributed by atoms with E-state index in [0.29, 0.717) is 11.1 Å². The number of amides is 1. The van der Waals surface area contributed by atoms with Gasteiger partial charge in [0.05, 0.1) is 18.5 Å². The SMILES string of the molecule is O=C(O)c1oc2ccccc2c1CN1C(=O)C2C=CC1C2. The van der Waals surface area contributed by atoms with Crippen LogP contribution in [0.4, 0.5) is 0 Å². The van der Waals surface area contributed by atoms with Crippen LogP contribution in [-0.4, -0.2) is 27.9 Å². The molecule has 1 aromatic carbocycles. The van der Waals surface area contributed by atoms with Crippen LogP contribution in [-0.2, 0) is 11.3 Å². The van der Waals surface area contributed by atoms with Crippen molar-refractivity contribution in [2.45, 2.75) is 19.0 Å². The van der Waals surface area contributed by atoms with Crippen molar-refractivity contribution >= 4 is 22.8 Å². The molecule has 1 N–H and O–H groups in total. The molecule has 106 valence electrons. The Morgan fingerprint density at radius 2 is 2.14 bits per heavy atom. The van der Waals surface area contributed by atoms with Crippen LogP contribution < -0.4 is 0 Å². The van der Waals surface area contributed by atoms with Gasteiger partial charge in [0.1, 0.15) is 5.58 Å². The topological polar surface area (TPSA) is 70.8 Å². The molecule has 0 saturated carbocycles. The molecule has 1 aliphatic carbocycles. The molecule has 2 unspecified atom stereocenters. The number of furan rings is 1. The van der Waals surface area contributed by atoms with Crippen LogP contribution in [0.1, 0.15) is 22.5 Å². The highest BCUT2D eigenvalue weighted by Crippen LogP contribution is 2.36. The van der Waals surface area contributed by atoms with Crippen LogP contribution in [0, 0.1) is 5.92 Å². The van der Waals surface area contributed by atoms with E-state index >= 15 is 0 Å². The van der Waals surface area contributed by atoms with E-state index in [9.17, 15) is 14.7 Å². The van der Waals surface area contributed by atoms with Crippen LogP contribution >= 0.6 is 0 Å². The molecule has 5 heteroatoms. The Morgan fingerprint density at radius 3 is 2.86 bits per heavy atom. The number of hydrogen-bond donors (Lipinski definition) is 1. The minimum Gasteiger partial charge on any atom is -0.475 e. The van der Waals surface area contributed by atoms with Crippen LogP contribution in [0.25, 0.3) is 11.0 Å². The summed E-state index contributed by atoms with van der Waals surface area (Å²) in [5.41, 5.74) is 1.12. The molecule has 4 rings (SSSR count). The summed E-state index contributed by atoms with van der Waals surface area (Å²) in [6, 6.07) is 7.29. The Kier molecular flexibility index (Phi) is 2.45. The first-order chi connectivity index (χ1) is 10.1. The van der Waals surface area contributed by atoms with Crippen LogP contribution in [0.3, 0.4) is 0 Å². The van der Waals surface area contributed by atoms with Crippen molar-refractivity contribution in [3.63, 3.8) is 0 Å². The largest absolute Gasteiger partial charge is 0.475 e. The Hall–Kier alpha value is -2.56. The zero-order valence-corrected chi connectivity index (χ0v) is 11.2. The quantitative estimate of drug-likeness (QED) is 0.878. The van der Waals surface area contributed by atoms with Gasteiger partial charge in [0.2, 0.25) is 11.7 Å². The van der Waals surface area contributed by atoms with Gasteiger partial charge in [-0.3, -0.25) is 4.79 Å². The van der Waals surface area contributed by atoms with Gasteiger partial charge in [-0.25, -0.2) is 4.79 Å². The lowest BCUT2D eigenvalue weighted by Crippen LogP contribution is -2.34. The highest BCUT2D eigenvalue weighted by molar-refractivity contribution is 5.95. The van der Waals surface area contributed by atoms with Gasteiger partial charge in [0.25, 0.3) is 0 Å². The van der Waals surface area contributed by atoms with Gasteiger partial charge in [0, 0.05) is 10.9 Å². The molecule has 1 aromatic heterocycles. The van der Waals surface area contributed by atoms with Crippen molar-refractivity contribution in [1.29, 1.82) is 0 Å². The molecule has 2 heterocycles. The molecular formula is C16H13NO4. The fourth-order valence-electron chi connectivity index (χ4n) is 3.26. The van der Waals surface area contributed by atoms with Crippen molar-refractivity contribution in [2.75, 3.05) is 0 Å². The Labute approximate surface area is 120 Å². The van der Waals surface area contributed by atoms with Gasteiger partial charge in [-0.15, -0.1) is 0 Å². The normalized spacial score (nSPS) is 23.4. The maximum atomic E-state index is 12.2. The number of hydrogen-bond acceptors (Lipinski definition) is 3. The standard InChI is InChI=1S/C16H13NO4/c18-15-9-5-6-10(7-9)17(15)8-12-11-3-1-2-4-13(11)21-14(12)16(19)20/h1-6,9-10H,7-8H2,(H,19,20). The van der Waals surface area contributed by atoms with Gasteiger partial charge in [-0.1, -0.05) is 30.4 Å². The van der Waals surface area contributed by atoms with E-state index < -0.39 is 5.97 Å². The number of benzene rings is 1. The summed E-state index contributed by atoms with van der Waals surface area (Å²) in [7, 11) is 0. The van der Waals surface area contributed by atoms with E-state index in [0.717, 1.165) is 11.8 Å². The van der Waals surface area contributed by atoms with Crippen LogP contribution in [0.2, 0.25) is 0 Å². The molecule has 1 fully saturated rings. The molecule has 2 aliphatic rings. The van der Waals surface area contributed by atoms with Gasteiger partial charge in [-0.05, 0) is 12.5 Å². The third-order valence-electron chi connectivity index (χ3n) is 4.28. The molecule has 21 heavy (non-hydrogen) atoms. The van der Waals surface area contributed by atoms with Crippen molar-refractivity contribution in [3.05, 3.63) is 47.7 Å². The number of fused-ring (bicyclic) bond motifs is 3. The number of aromatic carboxylic acids is 1. The third-order valence-corrected chi connectivity index (χ3v) is 4.28.